The molecule has 1 aromatic heterocycles. The van der Waals surface area contributed by atoms with Gasteiger partial charge in [0.1, 0.15) is 0 Å². The van der Waals surface area contributed by atoms with E-state index in [1.165, 1.54) is 0 Å². The Hall–Kier alpha value is -1.85. The number of carboxylic acids is 1. The molecule has 0 spiro atoms. The second-order valence-electron chi connectivity index (χ2n) is 5.89. The topological polar surface area (TPSA) is 75.4 Å². The van der Waals surface area contributed by atoms with Crippen molar-refractivity contribution in [2.75, 3.05) is 13.1 Å². The van der Waals surface area contributed by atoms with Gasteiger partial charge in [-0.2, -0.15) is 5.10 Å². The summed E-state index contributed by atoms with van der Waals surface area (Å²) in [6.07, 6.45) is 2.19. The third-order valence-electron chi connectivity index (χ3n) is 4.36. The maximum atomic E-state index is 12.5. The van der Waals surface area contributed by atoms with E-state index in [1.807, 2.05) is 13.8 Å². The Morgan fingerprint density at radius 1 is 1.45 bits per heavy atom. The molecule has 1 N–H and O–H groups in total. The summed E-state index contributed by atoms with van der Waals surface area (Å²) in [6, 6.07) is 0. The van der Waals surface area contributed by atoms with Crippen molar-refractivity contribution in [3.05, 3.63) is 17.5 Å². The second-order valence-corrected chi connectivity index (χ2v) is 5.89. The van der Waals surface area contributed by atoms with E-state index >= 15 is 0 Å². The molecule has 0 aliphatic carbocycles. The molecule has 1 unspecified atom stereocenters. The largest absolute Gasteiger partial charge is 0.481 e. The first-order valence-corrected chi connectivity index (χ1v) is 6.81. The number of aromatic nitrogens is 2. The number of rotatable bonds is 3. The lowest BCUT2D eigenvalue weighted by molar-refractivity contribution is -0.150. The first-order chi connectivity index (χ1) is 9.28. The normalized spacial score (nSPS) is 22.6. The number of amides is 1. The van der Waals surface area contributed by atoms with Gasteiger partial charge in [-0.05, 0) is 19.3 Å². The third kappa shape index (κ3) is 2.19. The van der Waals surface area contributed by atoms with Crippen molar-refractivity contribution in [1.29, 1.82) is 0 Å². The molecule has 110 valence electrons. The van der Waals surface area contributed by atoms with Crippen molar-refractivity contribution < 1.29 is 14.7 Å². The fourth-order valence-corrected chi connectivity index (χ4v) is 2.88. The SMILES string of the molecule is Cc1nn(C)cc1C(=O)N1CCC(C(=O)O)(C(C)C)C1. The van der Waals surface area contributed by atoms with Gasteiger partial charge < -0.3 is 10.0 Å². The summed E-state index contributed by atoms with van der Waals surface area (Å²) in [7, 11) is 1.77. The molecule has 2 heterocycles. The number of hydrogen-bond donors (Lipinski definition) is 1. The number of carboxylic acid groups (broad SMARTS) is 1. The second kappa shape index (κ2) is 4.92. The van der Waals surface area contributed by atoms with Gasteiger partial charge >= 0.3 is 5.97 Å². The highest BCUT2D eigenvalue weighted by Crippen LogP contribution is 2.38. The van der Waals surface area contributed by atoms with Crippen LogP contribution in [0.2, 0.25) is 0 Å². The third-order valence-corrected chi connectivity index (χ3v) is 4.36. The number of carbonyl (C=O) groups excluding carboxylic acids is 1. The van der Waals surface area contributed by atoms with Gasteiger partial charge in [0.2, 0.25) is 0 Å². The predicted molar refractivity (Wildman–Crippen MR) is 73.4 cm³/mol. The summed E-state index contributed by atoms with van der Waals surface area (Å²) in [5, 5.41) is 13.7. The monoisotopic (exact) mass is 279 g/mol. The molecule has 20 heavy (non-hydrogen) atoms. The summed E-state index contributed by atoms with van der Waals surface area (Å²) < 4.78 is 1.60. The number of aryl methyl sites for hydroxylation is 2. The standard InChI is InChI=1S/C14H21N3O3/c1-9(2)14(13(19)20)5-6-17(8-14)12(18)11-7-16(4)15-10(11)3/h7,9H,5-6,8H2,1-4H3,(H,19,20). The van der Waals surface area contributed by atoms with Gasteiger partial charge in [0.15, 0.2) is 0 Å². The highest BCUT2D eigenvalue weighted by atomic mass is 16.4. The Kier molecular flexibility index (Phi) is 3.58. The lowest BCUT2D eigenvalue weighted by Crippen LogP contribution is -2.40. The predicted octanol–water partition coefficient (Wildman–Crippen LogP) is 1.30. The molecule has 1 atom stereocenters. The maximum Gasteiger partial charge on any atom is 0.311 e. The van der Waals surface area contributed by atoms with Crippen molar-refractivity contribution in [1.82, 2.24) is 14.7 Å². The van der Waals surface area contributed by atoms with Crippen LogP contribution in [0, 0.1) is 18.3 Å². The fraction of sp³-hybridized carbons (Fsp3) is 0.643. The van der Waals surface area contributed by atoms with E-state index in [0.29, 0.717) is 24.2 Å². The molecular formula is C14H21N3O3. The van der Waals surface area contributed by atoms with Crippen molar-refractivity contribution in [3.63, 3.8) is 0 Å². The van der Waals surface area contributed by atoms with Gasteiger partial charge in [0.05, 0.1) is 16.7 Å². The minimum absolute atomic E-state index is 0.00667. The van der Waals surface area contributed by atoms with Crippen LogP contribution in [-0.2, 0) is 11.8 Å². The van der Waals surface area contributed by atoms with Crippen molar-refractivity contribution >= 4 is 11.9 Å². The molecular weight excluding hydrogens is 258 g/mol. The summed E-state index contributed by atoms with van der Waals surface area (Å²) in [6.45, 7) is 6.34. The van der Waals surface area contributed by atoms with E-state index in [-0.39, 0.29) is 18.4 Å². The van der Waals surface area contributed by atoms with E-state index in [4.69, 9.17) is 0 Å². The van der Waals surface area contributed by atoms with Crippen LogP contribution in [0.3, 0.4) is 0 Å². The molecule has 1 aliphatic rings. The van der Waals surface area contributed by atoms with Gasteiger partial charge in [-0.15, -0.1) is 0 Å². The number of hydrogen-bond acceptors (Lipinski definition) is 3. The van der Waals surface area contributed by atoms with Gasteiger partial charge in [0, 0.05) is 26.3 Å². The summed E-state index contributed by atoms with van der Waals surface area (Å²) in [4.78, 5) is 25.7. The first-order valence-electron chi connectivity index (χ1n) is 6.81. The highest BCUT2D eigenvalue weighted by Gasteiger charge is 2.48. The van der Waals surface area contributed by atoms with Gasteiger partial charge in [-0.1, -0.05) is 13.8 Å². The van der Waals surface area contributed by atoms with Crippen LogP contribution in [0.25, 0.3) is 0 Å². The number of aliphatic carboxylic acids is 1. The van der Waals surface area contributed by atoms with Crippen LogP contribution in [0.5, 0.6) is 0 Å². The van der Waals surface area contributed by atoms with E-state index < -0.39 is 11.4 Å². The van der Waals surface area contributed by atoms with Crippen molar-refractivity contribution in [2.45, 2.75) is 27.2 Å². The Morgan fingerprint density at radius 3 is 2.50 bits per heavy atom. The molecule has 0 radical (unpaired) electrons. The van der Waals surface area contributed by atoms with E-state index in [9.17, 15) is 14.7 Å². The number of nitrogens with zero attached hydrogens (tertiary/aromatic N) is 3. The molecule has 1 amide bonds. The van der Waals surface area contributed by atoms with Gasteiger partial charge in [0.25, 0.3) is 5.91 Å². The average Bonchev–Trinajstić information content (AvgIpc) is 2.93. The Morgan fingerprint density at radius 2 is 2.10 bits per heavy atom. The van der Waals surface area contributed by atoms with E-state index in [2.05, 4.69) is 5.10 Å². The minimum Gasteiger partial charge on any atom is -0.481 e. The zero-order chi connectivity index (χ0) is 15.1. The van der Waals surface area contributed by atoms with Crippen LogP contribution in [-0.4, -0.2) is 44.8 Å². The summed E-state index contributed by atoms with van der Waals surface area (Å²) >= 11 is 0. The highest BCUT2D eigenvalue weighted by molar-refractivity contribution is 5.95. The molecule has 6 nitrogen and oxygen atoms in total. The van der Waals surface area contributed by atoms with Gasteiger partial charge in [-0.3, -0.25) is 14.3 Å². The minimum atomic E-state index is -0.828. The quantitative estimate of drug-likeness (QED) is 0.905. The van der Waals surface area contributed by atoms with Crippen LogP contribution < -0.4 is 0 Å². The van der Waals surface area contributed by atoms with E-state index in [1.54, 1.807) is 29.7 Å². The summed E-state index contributed by atoms with van der Waals surface area (Å²) in [5.41, 5.74) is 0.401. The van der Waals surface area contributed by atoms with Crippen LogP contribution in [0.4, 0.5) is 0 Å². The Balaban J connectivity index is 2.23. The molecule has 2 rings (SSSR count). The van der Waals surface area contributed by atoms with Crippen molar-refractivity contribution in [2.24, 2.45) is 18.4 Å². The molecule has 0 saturated carbocycles. The molecule has 1 aliphatic heterocycles. The van der Waals surface area contributed by atoms with E-state index in [0.717, 1.165) is 0 Å². The molecule has 1 fully saturated rings. The van der Waals surface area contributed by atoms with Gasteiger partial charge in [-0.25, -0.2) is 0 Å². The molecule has 1 saturated heterocycles. The molecule has 0 bridgehead atoms. The number of likely N-dealkylation sites (tertiary alicyclic amines) is 1. The average molecular weight is 279 g/mol. The van der Waals surface area contributed by atoms with Crippen molar-refractivity contribution in [3.8, 4) is 0 Å². The summed E-state index contributed by atoms with van der Waals surface area (Å²) in [5.74, 6) is -0.946. The molecule has 0 aromatic carbocycles. The fourth-order valence-electron chi connectivity index (χ4n) is 2.88. The number of carbonyl (C=O) groups is 2. The Labute approximate surface area is 118 Å². The first kappa shape index (κ1) is 14.6. The maximum absolute atomic E-state index is 12.5. The van der Waals surface area contributed by atoms with Crippen LogP contribution >= 0.6 is 0 Å². The Bertz CT molecular complexity index is 550. The van der Waals surface area contributed by atoms with Crippen LogP contribution in [0.15, 0.2) is 6.20 Å². The molecule has 1 aromatic rings. The lowest BCUT2D eigenvalue weighted by Gasteiger charge is -2.28. The van der Waals surface area contributed by atoms with Crippen LogP contribution in [0.1, 0.15) is 36.3 Å². The zero-order valence-corrected chi connectivity index (χ0v) is 12.4. The zero-order valence-electron chi connectivity index (χ0n) is 12.4. The lowest BCUT2D eigenvalue weighted by atomic mass is 9.76. The molecule has 6 heteroatoms. The smallest absolute Gasteiger partial charge is 0.311 e.